The molecule has 0 radical (unpaired) electrons. The lowest BCUT2D eigenvalue weighted by Crippen LogP contribution is -2.28. The van der Waals surface area contributed by atoms with E-state index >= 15 is 0 Å². The Kier molecular flexibility index (Phi) is 4.49. The Morgan fingerprint density at radius 2 is 2.20 bits per heavy atom. The van der Waals surface area contributed by atoms with Gasteiger partial charge in [-0.2, -0.15) is 0 Å². The van der Waals surface area contributed by atoms with Crippen LogP contribution < -0.4 is 16.6 Å². The number of carbonyl (C=O) groups excluding carboxylic acids is 1. The number of hydrazine groups is 1. The third kappa shape index (κ3) is 3.23. The topological polar surface area (TPSA) is 92.9 Å². The fourth-order valence-corrected chi connectivity index (χ4v) is 1.85. The van der Waals surface area contributed by atoms with Crippen molar-refractivity contribution in [3.05, 3.63) is 52.9 Å². The van der Waals surface area contributed by atoms with E-state index in [4.69, 9.17) is 17.4 Å². The van der Waals surface area contributed by atoms with E-state index in [1.54, 1.807) is 24.5 Å². The summed E-state index contributed by atoms with van der Waals surface area (Å²) in [6, 6.07) is 6.63. The summed E-state index contributed by atoms with van der Waals surface area (Å²) in [7, 11) is 0. The standard InChI is InChI=1S/C13H14ClN5O/c1-8(9-3-2-6-16-7-9)17-13(20)12-10(14)4-5-11(18-12)19-15/h2-8H,15H2,1H3,(H,17,20)(H,18,19). The van der Waals surface area contributed by atoms with E-state index in [2.05, 4.69) is 20.7 Å². The van der Waals surface area contributed by atoms with Crippen LogP contribution in [0, 0.1) is 0 Å². The van der Waals surface area contributed by atoms with Gasteiger partial charge in [0.2, 0.25) is 0 Å². The van der Waals surface area contributed by atoms with E-state index in [9.17, 15) is 4.79 Å². The number of carbonyl (C=O) groups is 1. The van der Waals surface area contributed by atoms with Crippen molar-refractivity contribution in [2.75, 3.05) is 5.43 Å². The van der Waals surface area contributed by atoms with Crippen molar-refractivity contribution in [1.29, 1.82) is 0 Å². The average Bonchev–Trinajstić information content (AvgIpc) is 2.48. The zero-order chi connectivity index (χ0) is 14.5. The molecule has 1 amide bonds. The molecule has 2 aromatic heterocycles. The number of nitrogens with zero attached hydrogens (tertiary/aromatic N) is 2. The lowest BCUT2D eigenvalue weighted by molar-refractivity contribution is 0.0935. The summed E-state index contributed by atoms with van der Waals surface area (Å²) in [4.78, 5) is 20.2. The van der Waals surface area contributed by atoms with E-state index in [1.807, 2.05) is 19.1 Å². The number of anilines is 1. The van der Waals surface area contributed by atoms with Gasteiger partial charge in [0.05, 0.1) is 11.1 Å². The molecular weight excluding hydrogens is 278 g/mol. The summed E-state index contributed by atoms with van der Waals surface area (Å²) in [6.45, 7) is 1.86. The first-order valence-corrected chi connectivity index (χ1v) is 6.33. The van der Waals surface area contributed by atoms with E-state index in [0.29, 0.717) is 5.82 Å². The monoisotopic (exact) mass is 291 g/mol. The molecule has 0 aliphatic carbocycles. The van der Waals surface area contributed by atoms with Crippen LogP contribution in [0.2, 0.25) is 5.02 Å². The predicted molar refractivity (Wildman–Crippen MR) is 77.2 cm³/mol. The SMILES string of the molecule is CC(NC(=O)c1nc(NN)ccc1Cl)c1cccnc1. The van der Waals surface area contributed by atoms with Gasteiger partial charge in [-0.25, -0.2) is 10.8 Å². The number of nitrogens with two attached hydrogens (primary N) is 1. The van der Waals surface area contributed by atoms with Crippen LogP contribution in [-0.4, -0.2) is 15.9 Å². The smallest absolute Gasteiger partial charge is 0.271 e. The summed E-state index contributed by atoms with van der Waals surface area (Å²) in [5, 5.41) is 3.07. The Labute approximate surface area is 121 Å². The fraction of sp³-hybridized carbons (Fsp3) is 0.154. The molecule has 0 saturated carbocycles. The second kappa shape index (κ2) is 6.31. The quantitative estimate of drug-likeness (QED) is 0.591. The summed E-state index contributed by atoms with van der Waals surface area (Å²) in [5.41, 5.74) is 3.39. The molecule has 2 heterocycles. The maximum atomic E-state index is 12.2. The number of halogens is 1. The van der Waals surface area contributed by atoms with Crippen LogP contribution in [0.1, 0.15) is 29.0 Å². The summed E-state index contributed by atoms with van der Waals surface area (Å²) >= 11 is 5.97. The highest BCUT2D eigenvalue weighted by atomic mass is 35.5. The first-order valence-electron chi connectivity index (χ1n) is 5.95. The normalized spacial score (nSPS) is 11.8. The molecule has 7 heteroatoms. The largest absolute Gasteiger partial charge is 0.344 e. The van der Waals surface area contributed by atoms with Gasteiger partial charge in [0.15, 0.2) is 0 Å². The highest BCUT2D eigenvalue weighted by Gasteiger charge is 2.16. The molecule has 1 unspecified atom stereocenters. The lowest BCUT2D eigenvalue weighted by atomic mass is 10.1. The number of hydrogen-bond donors (Lipinski definition) is 3. The minimum absolute atomic E-state index is 0.123. The maximum Gasteiger partial charge on any atom is 0.271 e. The number of hydrogen-bond acceptors (Lipinski definition) is 5. The van der Waals surface area contributed by atoms with Gasteiger partial charge in [0.1, 0.15) is 11.5 Å². The summed E-state index contributed by atoms with van der Waals surface area (Å²) in [5.74, 6) is 5.26. The molecule has 20 heavy (non-hydrogen) atoms. The fourth-order valence-electron chi connectivity index (χ4n) is 1.66. The molecule has 4 N–H and O–H groups in total. The van der Waals surface area contributed by atoms with Gasteiger partial charge in [0.25, 0.3) is 5.91 Å². The van der Waals surface area contributed by atoms with Gasteiger partial charge in [-0.3, -0.25) is 9.78 Å². The Balaban J connectivity index is 2.16. The third-order valence-electron chi connectivity index (χ3n) is 2.74. The molecule has 0 aromatic carbocycles. The molecule has 104 valence electrons. The van der Waals surface area contributed by atoms with Crippen LogP contribution in [0.4, 0.5) is 5.82 Å². The number of nitrogens with one attached hydrogen (secondary N) is 2. The van der Waals surface area contributed by atoms with Crippen molar-refractivity contribution < 1.29 is 4.79 Å². The van der Waals surface area contributed by atoms with Crippen LogP contribution in [0.5, 0.6) is 0 Å². The molecule has 2 rings (SSSR count). The van der Waals surface area contributed by atoms with E-state index in [0.717, 1.165) is 5.56 Å². The van der Waals surface area contributed by atoms with Gasteiger partial charge in [-0.15, -0.1) is 0 Å². The van der Waals surface area contributed by atoms with Crippen molar-refractivity contribution >= 4 is 23.3 Å². The first kappa shape index (κ1) is 14.2. The van der Waals surface area contributed by atoms with Gasteiger partial charge in [-0.1, -0.05) is 17.7 Å². The number of amides is 1. The zero-order valence-corrected chi connectivity index (χ0v) is 11.6. The van der Waals surface area contributed by atoms with Crippen LogP contribution >= 0.6 is 11.6 Å². The Morgan fingerprint density at radius 3 is 2.85 bits per heavy atom. The van der Waals surface area contributed by atoms with Crippen molar-refractivity contribution in [3.63, 3.8) is 0 Å². The van der Waals surface area contributed by atoms with Gasteiger partial charge >= 0.3 is 0 Å². The number of nitrogen functional groups attached to an aromatic ring is 1. The van der Waals surface area contributed by atoms with Crippen molar-refractivity contribution in [3.8, 4) is 0 Å². The molecular formula is C13H14ClN5O. The summed E-state index contributed by atoms with van der Waals surface area (Å²) < 4.78 is 0. The lowest BCUT2D eigenvalue weighted by Gasteiger charge is -2.14. The molecule has 0 aliphatic rings. The van der Waals surface area contributed by atoms with E-state index in [1.165, 1.54) is 0 Å². The molecule has 6 nitrogen and oxygen atoms in total. The highest BCUT2D eigenvalue weighted by Crippen LogP contribution is 2.18. The van der Waals surface area contributed by atoms with Gasteiger partial charge < -0.3 is 10.7 Å². The maximum absolute atomic E-state index is 12.2. The van der Waals surface area contributed by atoms with Gasteiger partial charge in [0, 0.05) is 12.4 Å². The van der Waals surface area contributed by atoms with Crippen LogP contribution in [0.3, 0.4) is 0 Å². The molecule has 0 aliphatic heterocycles. The third-order valence-corrected chi connectivity index (χ3v) is 3.05. The number of aromatic nitrogens is 2. The molecule has 0 spiro atoms. The first-order chi connectivity index (χ1) is 9.61. The second-order valence-electron chi connectivity index (χ2n) is 4.15. The van der Waals surface area contributed by atoms with E-state index < -0.39 is 0 Å². The zero-order valence-electron chi connectivity index (χ0n) is 10.8. The highest BCUT2D eigenvalue weighted by molar-refractivity contribution is 6.33. The van der Waals surface area contributed by atoms with Crippen LogP contribution in [-0.2, 0) is 0 Å². The van der Waals surface area contributed by atoms with Crippen molar-refractivity contribution in [2.45, 2.75) is 13.0 Å². The minimum Gasteiger partial charge on any atom is -0.344 e. The van der Waals surface area contributed by atoms with Crippen LogP contribution in [0.25, 0.3) is 0 Å². The molecule has 2 aromatic rings. The Bertz CT molecular complexity index is 605. The van der Waals surface area contributed by atoms with Crippen LogP contribution in [0.15, 0.2) is 36.7 Å². The van der Waals surface area contributed by atoms with Crippen molar-refractivity contribution in [1.82, 2.24) is 15.3 Å². The minimum atomic E-state index is -0.372. The average molecular weight is 292 g/mol. The Morgan fingerprint density at radius 1 is 1.40 bits per heavy atom. The predicted octanol–water partition coefficient (Wildman–Crippen LogP) is 1.91. The Hall–Kier alpha value is -2.18. The second-order valence-corrected chi connectivity index (χ2v) is 4.56. The van der Waals surface area contributed by atoms with Crippen molar-refractivity contribution in [2.24, 2.45) is 5.84 Å². The number of rotatable bonds is 4. The number of pyridine rings is 2. The molecule has 0 saturated heterocycles. The van der Waals surface area contributed by atoms with E-state index in [-0.39, 0.29) is 22.7 Å². The molecule has 0 fully saturated rings. The molecule has 1 atom stereocenters. The molecule has 0 bridgehead atoms. The summed E-state index contributed by atoms with van der Waals surface area (Å²) in [6.07, 6.45) is 3.37. The van der Waals surface area contributed by atoms with Gasteiger partial charge in [-0.05, 0) is 30.7 Å².